The number of carbonyl (C=O) groups is 3. The summed E-state index contributed by atoms with van der Waals surface area (Å²) in [5.41, 5.74) is 2.03. The molecular weight excluding hydrogens is 598 g/mol. The number of methoxy groups -OCH3 is 2. The van der Waals surface area contributed by atoms with Crippen molar-refractivity contribution in [3.8, 4) is 11.5 Å². The molecule has 3 amide bonds. The topological polar surface area (TPSA) is 106 Å². The Labute approximate surface area is 265 Å². The first-order chi connectivity index (χ1) is 21.3. The zero-order valence-electron chi connectivity index (χ0n) is 24.4. The monoisotopic (exact) mass is 629 g/mol. The summed E-state index contributed by atoms with van der Waals surface area (Å²) < 4.78 is 10.9. The zero-order chi connectivity index (χ0) is 31.5. The summed E-state index contributed by atoms with van der Waals surface area (Å²) in [6.45, 7) is 1.93. The number of thioether (sulfide) groups is 1. The molecule has 3 N–H and O–H groups in total. The highest BCUT2D eigenvalue weighted by Crippen LogP contribution is 2.33. The van der Waals surface area contributed by atoms with Crippen molar-refractivity contribution < 1.29 is 23.9 Å². The van der Waals surface area contributed by atoms with E-state index >= 15 is 0 Å². The van der Waals surface area contributed by atoms with E-state index in [2.05, 4.69) is 16.0 Å². The van der Waals surface area contributed by atoms with Gasteiger partial charge in [-0.05, 0) is 67.1 Å². The Morgan fingerprint density at radius 1 is 0.841 bits per heavy atom. The average Bonchev–Trinajstić information content (AvgIpc) is 3.03. The summed E-state index contributed by atoms with van der Waals surface area (Å²) in [6.07, 6.45) is 2.11. The lowest BCUT2D eigenvalue weighted by molar-refractivity contribution is -0.116. The number of amides is 3. The summed E-state index contributed by atoms with van der Waals surface area (Å²) in [7, 11) is 3.02. The third kappa shape index (κ3) is 8.65. The van der Waals surface area contributed by atoms with E-state index in [9.17, 15) is 14.4 Å². The second kappa shape index (κ2) is 15.7. The van der Waals surface area contributed by atoms with Gasteiger partial charge in [0.05, 0.1) is 19.5 Å². The number of nitrogens with one attached hydrogen (secondary N) is 3. The summed E-state index contributed by atoms with van der Waals surface area (Å²) in [4.78, 5) is 40.5. The maximum atomic E-state index is 13.6. The van der Waals surface area contributed by atoms with Crippen LogP contribution in [0.3, 0.4) is 0 Å². The Balaban J connectivity index is 1.56. The predicted octanol–water partition coefficient (Wildman–Crippen LogP) is 7.28. The van der Waals surface area contributed by atoms with Crippen LogP contribution < -0.4 is 25.4 Å². The number of benzene rings is 4. The van der Waals surface area contributed by atoms with E-state index in [1.165, 1.54) is 32.1 Å². The summed E-state index contributed by atoms with van der Waals surface area (Å²) in [5.74, 6) is -0.267. The molecule has 4 aromatic carbocycles. The second-order valence-corrected chi connectivity index (χ2v) is 11.2. The molecule has 0 heterocycles. The number of carbonyl (C=O) groups excluding carboxylic acids is 3. The largest absolute Gasteiger partial charge is 0.493 e. The van der Waals surface area contributed by atoms with Crippen LogP contribution in [0.4, 0.5) is 11.4 Å². The molecule has 8 nitrogen and oxygen atoms in total. The minimum atomic E-state index is -0.549. The van der Waals surface area contributed by atoms with Gasteiger partial charge < -0.3 is 25.4 Å². The van der Waals surface area contributed by atoms with Crippen LogP contribution in [0.2, 0.25) is 5.02 Å². The molecular formula is C34H32ClN3O5S. The minimum Gasteiger partial charge on any atom is -0.493 e. The molecule has 0 aliphatic carbocycles. The minimum absolute atomic E-state index is 0.00389. The van der Waals surface area contributed by atoms with E-state index in [-0.39, 0.29) is 16.9 Å². The van der Waals surface area contributed by atoms with Crippen molar-refractivity contribution >= 4 is 58.5 Å². The lowest BCUT2D eigenvalue weighted by Crippen LogP contribution is -2.30. The van der Waals surface area contributed by atoms with E-state index in [1.54, 1.807) is 91.0 Å². The van der Waals surface area contributed by atoms with Crippen molar-refractivity contribution in [3.63, 3.8) is 0 Å². The van der Waals surface area contributed by atoms with E-state index in [1.807, 2.05) is 13.0 Å². The normalized spacial score (nSPS) is 11.7. The van der Waals surface area contributed by atoms with Gasteiger partial charge in [-0.2, -0.15) is 0 Å². The number of ether oxygens (including phenoxy) is 2. The van der Waals surface area contributed by atoms with Gasteiger partial charge in [0.25, 0.3) is 11.8 Å². The van der Waals surface area contributed by atoms with Crippen LogP contribution in [-0.2, 0) is 9.59 Å². The first kappa shape index (κ1) is 32.2. The molecule has 0 aliphatic heterocycles. The molecule has 0 saturated carbocycles. The highest BCUT2D eigenvalue weighted by atomic mass is 35.5. The van der Waals surface area contributed by atoms with Crippen LogP contribution in [0.1, 0.15) is 29.3 Å². The van der Waals surface area contributed by atoms with Gasteiger partial charge in [0.2, 0.25) is 5.91 Å². The average molecular weight is 630 g/mol. The second-order valence-electron chi connectivity index (χ2n) is 9.46. The van der Waals surface area contributed by atoms with Crippen molar-refractivity contribution in [2.24, 2.45) is 0 Å². The van der Waals surface area contributed by atoms with Crippen molar-refractivity contribution in [1.29, 1.82) is 0 Å². The van der Waals surface area contributed by atoms with Crippen molar-refractivity contribution in [2.75, 3.05) is 24.9 Å². The molecule has 0 bridgehead atoms. The number of halogens is 1. The van der Waals surface area contributed by atoms with Gasteiger partial charge in [0, 0.05) is 32.4 Å². The fraction of sp³-hybridized carbons (Fsp3) is 0.147. The Morgan fingerprint density at radius 3 is 2.23 bits per heavy atom. The molecule has 1 unspecified atom stereocenters. The van der Waals surface area contributed by atoms with Gasteiger partial charge >= 0.3 is 0 Å². The lowest BCUT2D eigenvalue weighted by atomic mass is 10.1. The number of hydrogen-bond donors (Lipinski definition) is 3. The van der Waals surface area contributed by atoms with E-state index in [4.69, 9.17) is 21.1 Å². The lowest BCUT2D eigenvalue weighted by Gasteiger charge is -2.16. The van der Waals surface area contributed by atoms with Crippen LogP contribution in [-0.4, -0.2) is 37.2 Å². The molecule has 44 heavy (non-hydrogen) atoms. The SMILES string of the molecule is CCC(Sc1cccc(NC(=O)/C(=C\c2cccc(OC)c2OC)NC(=O)c2ccccc2)c1)C(=O)Nc1cccc(Cl)c1. The molecule has 0 fully saturated rings. The van der Waals surface area contributed by atoms with Gasteiger partial charge in [-0.3, -0.25) is 14.4 Å². The first-order valence-corrected chi connectivity index (χ1v) is 15.0. The van der Waals surface area contributed by atoms with Crippen LogP contribution >= 0.6 is 23.4 Å². The van der Waals surface area contributed by atoms with Crippen LogP contribution in [0.5, 0.6) is 11.5 Å². The fourth-order valence-corrected chi connectivity index (χ4v) is 5.45. The summed E-state index contributed by atoms with van der Waals surface area (Å²) in [5, 5.41) is 8.66. The highest BCUT2D eigenvalue weighted by molar-refractivity contribution is 8.00. The third-order valence-electron chi connectivity index (χ3n) is 6.39. The third-order valence-corrected chi connectivity index (χ3v) is 7.98. The number of hydrogen-bond acceptors (Lipinski definition) is 6. The summed E-state index contributed by atoms with van der Waals surface area (Å²) in [6, 6.07) is 28.0. The molecule has 226 valence electrons. The Hall–Kier alpha value is -4.73. The summed E-state index contributed by atoms with van der Waals surface area (Å²) >= 11 is 7.43. The predicted molar refractivity (Wildman–Crippen MR) is 177 cm³/mol. The molecule has 4 aromatic rings. The molecule has 4 rings (SSSR count). The van der Waals surface area contributed by atoms with E-state index in [0.29, 0.717) is 45.4 Å². The maximum Gasteiger partial charge on any atom is 0.272 e. The standard InChI is InChI=1S/C34H32ClN3O5S/c1-4-30(34(41)37-25-15-9-14-24(35)20-25)44-27-17-10-16-26(21-27)36-33(40)28(38-32(39)22-11-6-5-7-12-22)19-23-13-8-18-29(42-2)31(23)43-3/h5-21,30H,4H2,1-3H3,(H,36,40)(H,37,41)(H,38,39)/b28-19+. The first-order valence-electron chi connectivity index (χ1n) is 13.7. The maximum absolute atomic E-state index is 13.6. The van der Waals surface area contributed by atoms with Crippen molar-refractivity contribution in [3.05, 3.63) is 119 Å². The Morgan fingerprint density at radius 2 is 1.55 bits per heavy atom. The van der Waals surface area contributed by atoms with Crippen LogP contribution in [0.25, 0.3) is 6.08 Å². The van der Waals surface area contributed by atoms with Gasteiger partial charge in [-0.25, -0.2) is 0 Å². The zero-order valence-corrected chi connectivity index (χ0v) is 26.0. The van der Waals surface area contributed by atoms with Crippen LogP contribution in [0, 0.1) is 0 Å². The van der Waals surface area contributed by atoms with Crippen LogP contribution in [0.15, 0.2) is 108 Å². The smallest absolute Gasteiger partial charge is 0.272 e. The molecule has 0 aliphatic rings. The Bertz CT molecular complexity index is 1660. The molecule has 10 heteroatoms. The number of rotatable bonds is 12. The molecule has 0 aromatic heterocycles. The fourth-order valence-electron chi connectivity index (χ4n) is 4.24. The molecule has 0 radical (unpaired) electrons. The number of para-hydroxylation sites is 1. The van der Waals surface area contributed by atoms with Gasteiger partial charge in [0.1, 0.15) is 5.70 Å². The molecule has 0 spiro atoms. The number of anilines is 2. The van der Waals surface area contributed by atoms with Gasteiger partial charge in [0.15, 0.2) is 11.5 Å². The molecule has 0 saturated heterocycles. The molecule has 1 atom stereocenters. The highest BCUT2D eigenvalue weighted by Gasteiger charge is 2.20. The van der Waals surface area contributed by atoms with E-state index in [0.717, 1.165) is 4.90 Å². The van der Waals surface area contributed by atoms with Crippen molar-refractivity contribution in [1.82, 2.24) is 5.32 Å². The Kier molecular flexibility index (Phi) is 11.5. The van der Waals surface area contributed by atoms with Gasteiger partial charge in [-0.15, -0.1) is 11.8 Å². The van der Waals surface area contributed by atoms with E-state index < -0.39 is 11.8 Å². The van der Waals surface area contributed by atoms with Crippen molar-refractivity contribution in [2.45, 2.75) is 23.5 Å². The quantitative estimate of drug-likeness (QED) is 0.112. The van der Waals surface area contributed by atoms with Gasteiger partial charge in [-0.1, -0.05) is 61.0 Å².